The van der Waals surface area contributed by atoms with E-state index in [1.165, 1.54) is 11.1 Å². The maximum absolute atomic E-state index is 12.4. The number of nitrogens with zero attached hydrogens (tertiary/aromatic N) is 2. The van der Waals surface area contributed by atoms with Crippen LogP contribution in [-0.2, 0) is 24.2 Å². The van der Waals surface area contributed by atoms with E-state index in [2.05, 4.69) is 28.5 Å². The molecule has 0 spiro atoms. The summed E-state index contributed by atoms with van der Waals surface area (Å²) in [6.45, 7) is 1.35. The SMILES string of the molecule is Cc1[nH]c(=O)n(CC(=O)NC2Cc3ccc(-c4ccc(C#N)cc4)cc3C2)c1O. The van der Waals surface area contributed by atoms with Crippen molar-refractivity contribution < 1.29 is 9.90 Å². The van der Waals surface area contributed by atoms with Gasteiger partial charge in [-0.2, -0.15) is 5.26 Å². The van der Waals surface area contributed by atoms with E-state index in [0.29, 0.717) is 17.7 Å². The molecule has 1 aromatic heterocycles. The standard InChI is InChI=1S/C22H20N4O3/c1-13-21(28)26(22(29)24-13)12-20(27)25-19-9-17-7-6-16(8-18(17)10-19)15-4-2-14(11-23)3-5-15/h2-8,19,28H,9-10,12H2,1H3,(H,24,29)(H,25,27). The molecule has 146 valence electrons. The summed E-state index contributed by atoms with van der Waals surface area (Å²) in [5, 5.41) is 21.8. The van der Waals surface area contributed by atoms with Crippen molar-refractivity contribution in [3.63, 3.8) is 0 Å². The van der Waals surface area contributed by atoms with E-state index in [4.69, 9.17) is 5.26 Å². The van der Waals surface area contributed by atoms with Crippen molar-refractivity contribution >= 4 is 5.91 Å². The van der Waals surface area contributed by atoms with Crippen molar-refractivity contribution in [3.05, 3.63) is 75.3 Å². The van der Waals surface area contributed by atoms with Crippen LogP contribution >= 0.6 is 0 Å². The van der Waals surface area contributed by atoms with Crippen LogP contribution in [0.1, 0.15) is 22.4 Å². The van der Waals surface area contributed by atoms with Gasteiger partial charge in [-0.25, -0.2) is 4.79 Å². The number of nitrogens with one attached hydrogen (secondary N) is 2. The summed E-state index contributed by atoms with van der Waals surface area (Å²) in [5.74, 6) is -0.529. The first-order valence-corrected chi connectivity index (χ1v) is 9.34. The molecule has 3 N–H and O–H groups in total. The van der Waals surface area contributed by atoms with Crippen LogP contribution in [0.3, 0.4) is 0 Å². The van der Waals surface area contributed by atoms with Gasteiger partial charge in [0.15, 0.2) is 0 Å². The lowest BCUT2D eigenvalue weighted by Gasteiger charge is -2.12. The molecule has 0 saturated carbocycles. The highest BCUT2D eigenvalue weighted by Gasteiger charge is 2.24. The van der Waals surface area contributed by atoms with E-state index in [1.807, 2.05) is 18.2 Å². The molecular weight excluding hydrogens is 368 g/mol. The molecule has 0 bridgehead atoms. The van der Waals surface area contributed by atoms with Crippen LogP contribution in [0.15, 0.2) is 47.3 Å². The Morgan fingerprint density at radius 2 is 1.90 bits per heavy atom. The number of aromatic nitrogens is 2. The quantitative estimate of drug-likeness (QED) is 0.635. The van der Waals surface area contributed by atoms with Gasteiger partial charge in [-0.3, -0.25) is 9.36 Å². The minimum atomic E-state index is -0.503. The molecule has 1 amide bonds. The van der Waals surface area contributed by atoms with E-state index in [1.54, 1.807) is 19.1 Å². The molecular formula is C22H20N4O3. The fourth-order valence-electron chi connectivity index (χ4n) is 3.78. The largest absolute Gasteiger partial charge is 0.493 e. The third kappa shape index (κ3) is 3.65. The van der Waals surface area contributed by atoms with Crippen LogP contribution in [0, 0.1) is 18.3 Å². The van der Waals surface area contributed by atoms with Gasteiger partial charge in [0.2, 0.25) is 11.8 Å². The van der Waals surface area contributed by atoms with Crippen molar-refractivity contribution in [1.29, 1.82) is 5.26 Å². The third-order valence-corrected chi connectivity index (χ3v) is 5.28. The van der Waals surface area contributed by atoms with E-state index in [9.17, 15) is 14.7 Å². The number of fused-ring (bicyclic) bond motifs is 1. The Bertz CT molecular complexity index is 1180. The van der Waals surface area contributed by atoms with Crippen LogP contribution in [0.2, 0.25) is 0 Å². The lowest BCUT2D eigenvalue weighted by molar-refractivity contribution is -0.122. The van der Waals surface area contributed by atoms with Gasteiger partial charge >= 0.3 is 5.69 Å². The predicted octanol–water partition coefficient (Wildman–Crippen LogP) is 2.01. The monoisotopic (exact) mass is 388 g/mol. The summed E-state index contributed by atoms with van der Waals surface area (Å²) in [5.41, 5.74) is 4.93. The highest BCUT2D eigenvalue weighted by molar-refractivity contribution is 5.76. The number of rotatable bonds is 4. The lowest BCUT2D eigenvalue weighted by Crippen LogP contribution is -2.38. The van der Waals surface area contributed by atoms with Crippen molar-refractivity contribution in [3.8, 4) is 23.1 Å². The number of carbonyl (C=O) groups is 1. The molecule has 2 aromatic carbocycles. The molecule has 1 aliphatic carbocycles. The number of imidazole rings is 1. The fourth-order valence-corrected chi connectivity index (χ4v) is 3.78. The number of hydrogen-bond donors (Lipinski definition) is 3. The van der Waals surface area contributed by atoms with Crippen molar-refractivity contribution in [2.45, 2.75) is 32.4 Å². The van der Waals surface area contributed by atoms with E-state index in [-0.39, 0.29) is 24.4 Å². The molecule has 7 heteroatoms. The summed E-state index contributed by atoms with van der Waals surface area (Å²) >= 11 is 0. The zero-order chi connectivity index (χ0) is 20.5. The van der Waals surface area contributed by atoms with E-state index < -0.39 is 5.69 Å². The highest BCUT2D eigenvalue weighted by Crippen LogP contribution is 2.28. The smallest absolute Gasteiger partial charge is 0.329 e. The Morgan fingerprint density at radius 1 is 1.21 bits per heavy atom. The van der Waals surface area contributed by atoms with Gasteiger partial charge in [0, 0.05) is 6.04 Å². The number of nitriles is 1. The molecule has 3 aromatic rings. The molecule has 4 rings (SSSR count). The molecule has 1 unspecified atom stereocenters. The first-order valence-electron chi connectivity index (χ1n) is 9.34. The molecule has 29 heavy (non-hydrogen) atoms. The minimum absolute atomic E-state index is 0.0494. The summed E-state index contributed by atoms with van der Waals surface area (Å²) in [6, 6.07) is 15.8. The maximum Gasteiger partial charge on any atom is 0.329 e. The first-order chi connectivity index (χ1) is 13.9. The Labute approximate surface area is 167 Å². The maximum atomic E-state index is 12.4. The zero-order valence-corrected chi connectivity index (χ0v) is 15.9. The first kappa shape index (κ1) is 18.6. The second-order valence-electron chi connectivity index (χ2n) is 7.31. The number of benzene rings is 2. The van der Waals surface area contributed by atoms with Crippen LogP contribution < -0.4 is 11.0 Å². The van der Waals surface area contributed by atoms with E-state index >= 15 is 0 Å². The van der Waals surface area contributed by atoms with Crippen molar-refractivity contribution in [2.75, 3.05) is 0 Å². The summed E-state index contributed by atoms with van der Waals surface area (Å²) in [4.78, 5) is 26.6. The van der Waals surface area contributed by atoms with Gasteiger partial charge in [-0.05, 0) is 54.2 Å². The van der Waals surface area contributed by atoms with Gasteiger partial charge in [-0.1, -0.05) is 30.3 Å². The average Bonchev–Trinajstić information content (AvgIpc) is 3.22. The molecule has 7 nitrogen and oxygen atoms in total. The third-order valence-electron chi connectivity index (χ3n) is 5.28. The average molecular weight is 388 g/mol. The fraction of sp³-hybridized carbons (Fsp3) is 0.227. The van der Waals surface area contributed by atoms with Gasteiger partial charge in [0.1, 0.15) is 6.54 Å². The zero-order valence-electron chi connectivity index (χ0n) is 15.9. The number of H-pyrrole nitrogens is 1. The van der Waals surface area contributed by atoms with Crippen LogP contribution in [0.25, 0.3) is 11.1 Å². The summed E-state index contributed by atoms with van der Waals surface area (Å²) < 4.78 is 1.02. The Hall–Kier alpha value is -3.79. The topological polar surface area (TPSA) is 111 Å². The number of carbonyl (C=O) groups excluding carboxylic acids is 1. The van der Waals surface area contributed by atoms with Gasteiger partial charge < -0.3 is 15.4 Å². The second-order valence-corrected chi connectivity index (χ2v) is 7.31. The molecule has 0 aliphatic heterocycles. The molecule has 1 aliphatic rings. The minimum Gasteiger partial charge on any atom is -0.493 e. The van der Waals surface area contributed by atoms with Gasteiger partial charge in [-0.15, -0.1) is 0 Å². The number of hydrogen-bond acceptors (Lipinski definition) is 4. The van der Waals surface area contributed by atoms with Crippen LogP contribution in [-0.4, -0.2) is 26.6 Å². The Morgan fingerprint density at radius 3 is 2.55 bits per heavy atom. The predicted molar refractivity (Wildman–Crippen MR) is 107 cm³/mol. The Balaban J connectivity index is 1.44. The second kappa shape index (κ2) is 7.32. The van der Waals surface area contributed by atoms with Crippen molar-refractivity contribution in [1.82, 2.24) is 14.9 Å². The lowest BCUT2D eigenvalue weighted by atomic mass is 10.00. The molecule has 0 radical (unpaired) electrons. The Kier molecular flexibility index (Phi) is 4.69. The number of aromatic hydroxyl groups is 1. The molecule has 1 atom stereocenters. The number of amides is 1. The number of aryl methyl sites for hydroxylation is 1. The van der Waals surface area contributed by atoms with Gasteiger partial charge in [0.25, 0.3) is 0 Å². The summed E-state index contributed by atoms with van der Waals surface area (Å²) in [6.07, 6.45) is 1.43. The van der Waals surface area contributed by atoms with Crippen LogP contribution in [0.5, 0.6) is 5.88 Å². The molecule has 0 saturated heterocycles. The molecule has 0 fully saturated rings. The molecule has 1 heterocycles. The number of aromatic amines is 1. The van der Waals surface area contributed by atoms with Crippen LogP contribution in [0.4, 0.5) is 0 Å². The normalized spacial score (nSPS) is 15.0. The van der Waals surface area contributed by atoms with Crippen molar-refractivity contribution in [2.24, 2.45) is 0 Å². The van der Waals surface area contributed by atoms with Gasteiger partial charge in [0.05, 0.1) is 17.3 Å². The highest BCUT2D eigenvalue weighted by atomic mass is 16.3. The van der Waals surface area contributed by atoms with E-state index in [0.717, 1.165) is 22.1 Å². The summed E-state index contributed by atoms with van der Waals surface area (Å²) in [7, 11) is 0.